The summed E-state index contributed by atoms with van der Waals surface area (Å²) in [7, 11) is 2.16. The molecule has 0 amide bonds. The van der Waals surface area contributed by atoms with Crippen molar-refractivity contribution in [3.63, 3.8) is 0 Å². The van der Waals surface area contributed by atoms with E-state index in [9.17, 15) is 0 Å². The van der Waals surface area contributed by atoms with Crippen LogP contribution in [0.5, 0.6) is 0 Å². The van der Waals surface area contributed by atoms with Crippen LogP contribution in [0.4, 0.5) is 0 Å². The summed E-state index contributed by atoms with van der Waals surface area (Å²) in [5.41, 5.74) is 0. The molecule has 0 aromatic heterocycles. The van der Waals surface area contributed by atoms with E-state index in [1.807, 2.05) is 0 Å². The van der Waals surface area contributed by atoms with E-state index in [1.54, 1.807) is 0 Å². The zero-order chi connectivity index (χ0) is 11.4. The van der Waals surface area contributed by atoms with Gasteiger partial charge in [-0.3, -0.25) is 0 Å². The number of hydrogen-bond donors (Lipinski definition) is 0. The maximum absolute atomic E-state index is 3.29. The second-order valence-electron chi connectivity index (χ2n) is 5.24. The lowest BCUT2D eigenvalue weighted by Crippen LogP contribution is -2.42. The smallest absolute Gasteiger partial charge is 0.161 e. The Morgan fingerprint density at radius 1 is 1.33 bits per heavy atom. The third-order valence-corrected chi connectivity index (χ3v) is 3.20. The Morgan fingerprint density at radius 3 is 2.47 bits per heavy atom. The molecule has 0 saturated heterocycles. The molecule has 1 heteroatoms. The van der Waals surface area contributed by atoms with Crippen LogP contribution >= 0.6 is 0 Å². The molecule has 0 aliphatic carbocycles. The maximum Gasteiger partial charge on any atom is 0.161 e. The van der Waals surface area contributed by atoms with Crippen molar-refractivity contribution in [2.24, 2.45) is 17.8 Å². The lowest BCUT2D eigenvalue weighted by atomic mass is 9.85. The molecule has 1 aliphatic rings. The largest absolute Gasteiger partial charge is 0.239 e. The van der Waals surface area contributed by atoms with Gasteiger partial charge in [-0.15, -0.1) is 11.8 Å². The average molecular weight is 206 g/mol. The standard InChI is InChI=1S/C14H24N/c1-11(2)7-6-8-12(3)9-14-10-15(5)13(14)4/h10-14H,8-9H2,1-5H3/q+1. The van der Waals surface area contributed by atoms with E-state index in [4.69, 9.17) is 0 Å². The molecular formula is C14H24N+. The third kappa shape index (κ3) is 3.70. The fraction of sp³-hybridized carbons (Fsp3) is 0.786. The SMILES string of the molecule is CC(C)C#CCC(C)CC1C=[N+](C)C1C. The average Bonchev–Trinajstić information content (AvgIpc) is 2.16. The van der Waals surface area contributed by atoms with Crippen molar-refractivity contribution in [2.75, 3.05) is 7.05 Å². The van der Waals surface area contributed by atoms with Crippen LogP contribution in [-0.2, 0) is 0 Å². The van der Waals surface area contributed by atoms with Crippen molar-refractivity contribution in [2.45, 2.75) is 46.6 Å². The highest BCUT2D eigenvalue weighted by atomic mass is 15.1. The number of nitrogens with zero attached hydrogens (tertiary/aromatic N) is 1. The van der Waals surface area contributed by atoms with Crippen LogP contribution in [0, 0.1) is 29.6 Å². The number of hydrogen-bond acceptors (Lipinski definition) is 0. The van der Waals surface area contributed by atoms with Gasteiger partial charge < -0.3 is 0 Å². The van der Waals surface area contributed by atoms with Gasteiger partial charge in [-0.05, 0) is 19.3 Å². The highest BCUT2D eigenvalue weighted by molar-refractivity contribution is 5.59. The Morgan fingerprint density at radius 2 is 2.00 bits per heavy atom. The summed E-state index contributed by atoms with van der Waals surface area (Å²) in [6.45, 7) is 8.91. The van der Waals surface area contributed by atoms with Gasteiger partial charge in [0.05, 0.1) is 5.92 Å². The summed E-state index contributed by atoms with van der Waals surface area (Å²) >= 11 is 0. The van der Waals surface area contributed by atoms with Crippen LogP contribution in [0.15, 0.2) is 0 Å². The Labute approximate surface area is 94.6 Å². The predicted octanol–water partition coefficient (Wildman–Crippen LogP) is 2.79. The second-order valence-corrected chi connectivity index (χ2v) is 5.24. The minimum atomic E-state index is 0.512. The first-order valence-electron chi connectivity index (χ1n) is 6.06. The molecule has 1 aliphatic heterocycles. The molecule has 3 atom stereocenters. The van der Waals surface area contributed by atoms with Gasteiger partial charge in [0.2, 0.25) is 0 Å². The van der Waals surface area contributed by atoms with Gasteiger partial charge in [0.25, 0.3) is 0 Å². The molecule has 1 heterocycles. The minimum absolute atomic E-state index is 0.512. The Balaban J connectivity index is 2.27. The van der Waals surface area contributed by atoms with E-state index in [1.165, 1.54) is 6.42 Å². The van der Waals surface area contributed by atoms with Gasteiger partial charge in [0.15, 0.2) is 6.04 Å². The first-order chi connectivity index (χ1) is 7.00. The fourth-order valence-electron chi connectivity index (χ4n) is 2.01. The van der Waals surface area contributed by atoms with E-state index >= 15 is 0 Å². The van der Waals surface area contributed by atoms with Crippen LogP contribution in [0.1, 0.15) is 40.5 Å². The van der Waals surface area contributed by atoms with Gasteiger partial charge in [-0.1, -0.05) is 20.8 Å². The first-order valence-corrected chi connectivity index (χ1v) is 6.06. The van der Waals surface area contributed by atoms with Crippen molar-refractivity contribution >= 4 is 6.21 Å². The molecule has 0 N–H and O–H groups in total. The van der Waals surface area contributed by atoms with Crippen LogP contribution in [0.25, 0.3) is 0 Å². The molecule has 84 valence electrons. The predicted molar refractivity (Wildman–Crippen MR) is 66.2 cm³/mol. The molecule has 0 radical (unpaired) electrons. The second kappa shape index (κ2) is 5.35. The van der Waals surface area contributed by atoms with Crippen LogP contribution in [0.3, 0.4) is 0 Å². The molecule has 0 spiro atoms. The van der Waals surface area contributed by atoms with E-state index < -0.39 is 0 Å². The van der Waals surface area contributed by atoms with Crippen molar-refractivity contribution < 1.29 is 4.58 Å². The lowest BCUT2D eigenvalue weighted by molar-refractivity contribution is -0.568. The van der Waals surface area contributed by atoms with Crippen LogP contribution < -0.4 is 0 Å². The zero-order valence-electron chi connectivity index (χ0n) is 10.7. The van der Waals surface area contributed by atoms with E-state index in [-0.39, 0.29) is 0 Å². The normalized spacial score (nSPS) is 26.4. The Kier molecular flexibility index (Phi) is 4.39. The van der Waals surface area contributed by atoms with E-state index in [0.717, 1.165) is 24.3 Å². The molecule has 1 nitrogen and oxygen atoms in total. The Hall–Kier alpha value is -0.770. The van der Waals surface area contributed by atoms with Crippen molar-refractivity contribution in [3.8, 4) is 11.8 Å². The molecule has 1 rings (SSSR count). The molecule has 0 aromatic carbocycles. The third-order valence-electron chi connectivity index (χ3n) is 3.20. The van der Waals surface area contributed by atoms with Crippen molar-refractivity contribution in [1.82, 2.24) is 0 Å². The quantitative estimate of drug-likeness (QED) is 0.493. The zero-order valence-corrected chi connectivity index (χ0v) is 10.7. The van der Waals surface area contributed by atoms with Gasteiger partial charge in [-0.2, -0.15) is 0 Å². The van der Waals surface area contributed by atoms with Gasteiger partial charge >= 0.3 is 0 Å². The van der Waals surface area contributed by atoms with Crippen molar-refractivity contribution in [1.29, 1.82) is 0 Å². The number of rotatable bonds is 3. The summed E-state index contributed by atoms with van der Waals surface area (Å²) in [5, 5.41) is 0. The Bertz CT molecular complexity index is 290. The molecule has 0 fully saturated rings. The molecule has 0 bridgehead atoms. The van der Waals surface area contributed by atoms with Gasteiger partial charge in [0, 0.05) is 12.3 Å². The highest BCUT2D eigenvalue weighted by Crippen LogP contribution is 2.23. The topological polar surface area (TPSA) is 3.01 Å². The lowest BCUT2D eigenvalue weighted by Gasteiger charge is -2.26. The van der Waals surface area contributed by atoms with E-state index in [2.05, 4.69) is 57.4 Å². The van der Waals surface area contributed by atoms with Crippen LogP contribution in [-0.4, -0.2) is 23.9 Å². The van der Waals surface area contributed by atoms with E-state index in [0.29, 0.717) is 5.92 Å². The molecule has 15 heavy (non-hydrogen) atoms. The highest BCUT2D eigenvalue weighted by Gasteiger charge is 2.34. The molecular weight excluding hydrogens is 182 g/mol. The summed E-state index contributed by atoms with van der Waals surface area (Å²) in [5.74, 6) is 8.55. The summed E-state index contributed by atoms with van der Waals surface area (Å²) in [6, 6.07) is 0.727. The summed E-state index contributed by atoms with van der Waals surface area (Å²) < 4.78 is 2.30. The maximum atomic E-state index is 3.29. The summed E-state index contributed by atoms with van der Waals surface area (Å²) in [4.78, 5) is 0. The molecule has 3 unspecified atom stereocenters. The molecule has 0 aromatic rings. The monoisotopic (exact) mass is 206 g/mol. The molecule has 0 saturated carbocycles. The van der Waals surface area contributed by atoms with Gasteiger partial charge in [0.1, 0.15) is 13.3 Å². The summed E-state index contributed by atoms with van der Waals surface area (Å²) in [6.07, 6.45) is 4.69. The van der Waals surface area contributed by atoms with Crippen LogP contribution in [0.2, 0.25) is 0 Å². The first kappa shape index (κ1) is 12.3. The minimum Gasteiger partial charge on any atom is -0.239 e. The fourth-order valence-corrected chi connectivity index (χ4v) is 2.01. The van der Waals surface area contributed by atoms with Crippen molar-refractivity contribution in [3.05, 3.63) is 0 Å². The van der Waals surface area contributed by atoms with Gasteiger partial charge in [-0.25, -0.2) is 4.58 Å².